The molecule has 0 saturated carbocycles. The molecule has 0 aromatic heterocycles. The van der Waals surface area contributed by atoms with Gasteiger partial charge in [0.2, 0.25) is 0 Å². The number of para-hydroxylation sites is 1. The van der Waals surface area contributed by atoms with Crippen LogP contribution in [0, 0.1) is 13.8 Å². The van der Waals surface area contributed by atoms with Crippen LogP contribution in [0.4, 0.5) is 8.78 Å². The quantitative estimate of drug-likeness (QED) is 0.758. The summed E-state index contributed by atoms with van der Waals surface area (Å²) in [7, 11) is 0. The van der Waals surface area contributed by atoms with Crippen LogP contribution >= 0.6 is 0 Å². The lowest BCUT2D eigenvalue weighted by atomic mass is 10.1. The zero-order chi connectivity index (χ0) is 20.0. The first-order valence-corrected chi connectivity index (χ1v) is 8.16. The Morgan fingerprint density at radius 3 is 2.30 bits per heavy atom. The minimum Gasteiger partial charge on any atom is -0.481 e. The molecule has 0 saturated heterocycles. The highest BCUT2D eigenvalue weighted by Crippen LogP contribution is 2.22. The minimum absolute atomic E-state index is 0.138. The Kier molecular flexibility index (Phi) is 6.70. The lowest BCUT2D eigenvalue weighted by Crippen LogP contribution is -2.47. The van der Waals surface area contributed by atoms with E-state index in [1.54, 1.807) is 6.07 Å². The number of nitrogens with one attached hydrogen (secondary N) is 2. The van der Waals surface area contributed by atoms with E-state index in [4.69, 9.17) is 4.74 Å². The van der Waals surface area contributed by atoms with E-state index in [1.807, 2.05) is 26.0 Å². The summed E-state index contributed by atoms with van der Waals surface area (Å²) in [5, 5.41) is 0. The van der Waals surface area contributed by atoms with Crippen molar-refractivity contribution in [2.75, 3.05) is 0 Å². The molecule has 144 valence electrons. The Balaban J connectivity index is 1.97. The molecule has 0 radical (unpaired) electrons. The van der Waals surface area contributed by atoms with Crippen LogP contribution < -0.4 is 20.3 Å². The smallest absolute Gasteiger partial charge is 0.387 e. The van der Waals surface area contributed by atoms with Gasteiger partial charge in [-0.15, -0.1) is 0 Å². The third-order valence-corrected chi connectivity index (χ3v) is 3.87. The number of ether oxygens (including phenoxy) is 2. The number of aryl methyl sites for hydroxylation is 1. The molecular formula is C19H20F2N2O4. The fourth-order valence-corrected chi connectivity index (χ4v) is 2.24. The summed E-state index contributed by atoms with van der Waals surface area (Å²) in [4.78, 5) is 24.3. The third-order valence-electron chi connectivity index (χ3n) is 3.87. The van der Waals surface area contributed by atoms with Crippen molar-refractivity contribution < 1.29 is 27.8 Å². The average molecular weight is 378 g/mol. The van der Waals surface area contributed by atoms with E-state index >= 15 is 0 Å². The summed E-state index contributed by atoms with van der Waals surface area (Å²) in [5.41, 5.74) is 6.15. The summed E-state index contributed by atoms with van der Waals surface area (Å²) in [6.07, 6.45) is -0.890. The summed E-state index contributed by atoms with van der Waals surface area (Å²) in [6.45, 7) is 2.25. The van der Waals surface area contributed by atoms with Gasteiger partial charge in [0.15, 0.2) is 6.10 Å². The van der Waals surface area contributed by atoms with Crippen molar-refractivity contribution in [1.29, 1.82) is 0 Å². The summed E-state index contributed by atoms with van der Waals surface area (Å²) >= 11 is 0. The topological polar surface area (TPSA) is 76.7 Å². The summed E-state index contributed by atoms with van der Waals surface area (Å²) in [6, 6.07) is 10.9. The Bertz CT molecular complexity index is 827. The van der Waals surface area contributed by atoms with Gasteiger partial charge in [-0.25, -0.2) is 0 Å². The number of rotatable bonds is 6. The van der Waals surface area contributed by atoms with E-state index in [2.05, 4.69) is 15.6 Å². The van der Waals surface area contributed by atoms with Crippen molar-refractivity contribution in [3.05, 3.63) is 59.2 Å². The van der Waals surface area contributed by atoms with E-state index in [-0.39, 0.29) is 11.3 Å². The predicted octanol–water partition coefficient (Wildman–Crippen LogP) is 3.13. The van der Waals surface area contributed by atoms with Crippen LogP contribution in [0.5, 0.6) is 11.5 Å². The second kappa shape index (κ2) is 8.98. The first-order chi connectivity index (χ1) is 12.8. The molecule has 2 amide bonds. The van der Waals surface area contributed by atoms with Crippen molar-refractivity contribution in [3.8, 4) is 11.5 Å². The third kappa shape index (κ3) is 5.40. The highest BCUT2D eigenvalue weighted by molar-refractivity contribution is 5.98. The molecule has 2 aromatic carbocycles. The molecule has 27 heavy (non-hydrogen) atoms. The van der Waals surface area contributed by atoms with E-state index in [9.17, 15) is 18.4 Å². The summed E-state index contributed by atoms with van der Waals surface area (Å²) < 4.78 is 34.7. The molecule has 1 atom stereocenters. The zero-order valence-corrected chi connectivity index (χ0v) is 15.1. The van der Waals surface area contributed by atoms with Gasteiger partial charge in [0.25, 0.3) is 11.8 Å². The number of carbonyl (C=O) groups is 2. The molecule has 0 heterocycles. The highest BCUT2D eigenvalue weighted by Gasteiger charge is 2.19. The van der Waals surface area contributed by atoms with Gasteiger partial charge in [0.1, 0.15) is 11.5 Å². The fraction of sp³-hybridized carbons (Fsp3) is 0.263. The molecule has 1 unspecified atom stereocenters. The van der Waals surface area contributed by atoms with Gasteiger partial charge in [0, 0.05) is 0 Å². The van der Waals surface area contributed by atoms with E-state index in [0.29, 0.717) is 5.75 Å². The number of hydrazine groups is 1. The zero-order valence-electron chi connectivity index (χ0n) is 15.1. The van der Waals surface area contributed by atoms with Crippen LogP contribution in [-0.4, -0.2) is 24.5 Å². The molecule has 2 rings (SSSR count). The predicted molar refractivity (Wildman–Crippen MR) is 94.7 cm³/mol. The van der Waals surface area contributed by atoms with Crippen molar-refractivity contribution in [2.24, 2.45) is 0 Å². The van der Waals surface area contributed by atoms with Gasteiger partial charge < -0.3 is 9.47 Å². The van der Waals surface area contributed by atoms with Crippen LogP contribution in [0.15, 0.2) is 42.5 Å². The monoisotopic (exact) mass is 378 g/mol. The maximum absolute atomic E-state index is 12.4. The first-order valence-electron chi connectivity index (χ1n) is 8.16. The normalized spacial score (nSPS) is 11.6. The number of halogens is 2. The van der Waals surface area contributed by atoms with Gasteiger partial charge in [-0.3, -0.25) is 20.4 Å². The second-order valence-electron chi connectivity index (χ2n) is 5.78. The van der Waals surface area contributed by atoms with Gasteiger partial charge in [-0.1, -0.05) is 24.3 Å². The van der Waals surface area contributed by atoms with Gasteiger partial charge in [0.05, 0.1) is 5.56 Å². The Morgan fingerprint density at radius 1 is 0.926 bits per heavy atom. The van der Waals surface area contributed by atoms with Crippen molar-refractivity contribution >= 4 is 11.8 Å². The molecular weight excluding hydrogens is 358 g/mol. The second-order valence-corrected chi connectivity index (χ2v) is 5.78. The van der Waals surface area contributed by atoms with Crippen LogP contribution in [0.3, 0.4) is 0 Å². The maximum atomic E-state index is 12.4. The first kappa shape index (κ1) is 20.2. The summed E-state index contributed by atoms with van der Waals surface area (Å²) in [5.74, 6) is -1.13. The molecule has 0 fully saturated rings. The van der Waals surface area contributed by atoms with E-state index in [1.165, 1.54) is 31.2 Å². The molecule has 2 aromatic rings. The minimum atomic E-state index is -3.07. The largest absolute Gasteiger partial charge is 0.481 e. The van der Waals surface area contributed by atoms with E-state index < -0.39 is 24.5 Å². The van der Waals surface area contributed by atoms with Crippen molar-refractivity contribution in [2.45, 2.75) is 33.5 Å². The number of amides is 2. The van der Waals surface area contributed by atoms with Crippen LogP contribution in [0.2, 0.25) is 0 Å². The molecule has 6 nitrogen and oxygen atoms in total. The van der Waals surface area contributed by atoms with Crippen LogP contribution in [0.25, 0.3) is 0 Å². The van der Waals surface area contributed by atoms with Crippen molar-refractivity contribution in [3.63, 3.8) is 0 Å². The number of hydrogen-bond donors (Lipinski definition) is 2. The van der Waals surface area contributed by atoms with Crippen LogP contribution in [0.1, 0.15) is 28.4 Å². The number of benzene rings is 2. The number of hydrogen-bond acceptors (Lipinski definition) is 4. The Labute approximate surface area is 155 Å². The molecule has 0 aliphatic heterocycles. The number of carbonyl (C=O) groups excluding carboxylic acids is 2. The Hall–Kier alpha value is -3.16. The van der Waals surface area contributed by atoms with Gasteiger partial charge in [-0.05, 0) is 50.1 Å². The molecule has 0 spiro atoms. The van der Waals surface area contributed by atoms with Crippen LogP contribution in [-0.2, 0) is 4.79 Å². The SMILES string of the molecule is Cc1cccc(OC(C)C(=O)NNC(=O)c2ccccc2OC(F)F)c1C. The van der Waals surface area contributed by atoms with Gasteiger partial charge in [-0.2, -0.15) is 8.78 Å². The van der Waals surface area contributed by atoms with E-state index in [0.717, 1.165) is 11.1 Å². The highest BCUT2D eigenvalue weighted by atomic mass is 19.3. The lowest BCUT2D eigenvalue weighted by molar-refractivity contribution is -0.128. The fourth-order valence-electron chi connectivity index (χ4n) is 2.24. The molecule has 2 N–H and O–H groups in total. The Morgan fingerprint density at radius 2 is 1.59 bits per heavy atom. The number of alkyl halides is 2. The molecule has 0 aliphatic rings. The standard InChI is InChI=1S/C19H20F2N2O4/c1-11-7-6-10-15(12(11)2)26-13(3)17(24)22-23-18(25)14-8-4-5-9-16(14)27-19(20)21/h4-10,13,19H,1-3H3,(H,22,24)(H,23,25). The van der Waals surface area contributed by atoms with Crippen molar-refractivity contribution in [1.82, 2.24) is 10.9 Å². The average Bonchev–Trinajstić information content (AvgIpc) is 2.63. The molecule has 8 heteroatoms. The molecule has 0 bridgehead atoms. The molecule has 0 aliphatic carbocycles. The van der Waals surface area contributed by atoms with Gasteiger partial charge >= 0.3 is 6.61 Å². The maximum Gasteiger partial charge on any atom is 0.387 e. The lowest BCUT2D eigenvalue weighted by Gasteiger charge is -2.17.